The van der Waals surface area contributed by atoms with Gasteiger partial charge in [0.15, 0.2) is 0 Å². The number of nitrogens with one attached hydrogen (secondary N) is 1. The molecule has 1 aromatic carbocycles. The standard InChI is InChI=1S/C24H30ClNO6/c1-12(27)22-20(29)19(28)21(30)23(31-22)14-3-4-16(25)15(10-14)8-13-2-5-18-17(9-13)26-11-24(32-18)6-7-24/h2,4-5,9-10,12,14,19-23,26-30H,3,6-8,11H2,1H3/t12?,14?,19-,20-,21+,22+,23-/m0/s1. The fourth-order valence-electron chi connectivity index (χ4n) is 4.91. The monoisotopic (exact) mass is 463 g/mol. The second-order valence-electron chi connectivity index (χ2n) is 9.57. The van der Waals surface area contributed by atoms with Crippen molar-refractivity contribution in [3.05, 3.63) is 46.5 Å². The maximum absolute atomic E-state index is 10.6. The number of hydrogen-bond acceptors (Lipinski definition) is 7. The van der Waals surface area contributed by atoms with Gasteiger partial charge in [0, 0.05) is 11.0 Å². The molecule has 0 radical (unpaired) electrons. The molecule has 0 aromatic heterocycles. The second kappa shape index (κ2) is 8.31. The first kappa shape index (κ1) is 22.2. The van der Waals surface area contributed by atoms with Crippen LogP contribution in [0.3, 0.4) is 0 Å². The fourth-order valence-corrected chi connectivity index (χ4v) is 5.13. The molecule has 32 heavy (non-hydrogen) atoms. The van der Waals surface area contributed by atoms with Crippen LogP contribution in [0, 0.1) is 5.92 Å². The fraction of sp³-hybridized carbons (Fsp3) is 0.583. The largest absolute Gasteiger partial charge is 0.483 e. The summed E-state index contributed by atoms with van der Waals surface area (Å²) in [6.07, 6.45) is 0.426. The van der Waals surface area contributed by atoms with Crippen LogP contribution in [-0.2, 0) is 11.2 Å². The van der Waals surface area contributed by atoms with Crippen LogP contribution in [0.5, 0.6) is 5.75 Å². The average molecular weight is 464 g/mol. The van der Waals surface area contributed by atoms with Crippen LogP contribution >= 0.6 is 11.6 Å². The summed E-state index contributed by atoms with van der Waals surface area (Å²) >= 11 is 6.51. The highest BCUT2D eigenvalue weighted by Crippen LogP contribution is 2.46. The third-order valence-corrected chi connectivity index (χ3v) is 7.45. The molecule has 2 unspecified atom stereocenters. The summed E-state index contributed by atoms with van der Waals surface area (Å²) < 4.78 is 12.0. The molecule has 7 nitrogen and oxygen atoms in total. The lowest BCUT2D eigenvalue weighted by Gasteiger charge is -2.44. The van der Waals surface area contributed by atoms with Crippen LogP contribution in [0.2, 0.25) is 0 Å². The first-order valence-electron chi connectivity index (χ1n) is 11.3. The molecule has 7 atom stereocenters. The summed E-state index contributed by atoms with van der Waals surface area (Å²) in [6.45, 7) is 2.32. The molecule has 1 saturated heterocycles. The number of aliphatic hydroxyl groups is 4. The first-order chi connectivity index (χ1) is 15.3. The Bertz CT molecular complexity index is 942. The molecule has 5 rings (SSSR count). The van der Waals surface area contributed by atoms with E-state index in [1.54, 1.807) is 0 Å². The zero-order valence-corrected chi connectivity index (χ0v) is 18.7. The number of anilines is 1. The lowest BCUT2D eigenvalue weighted by atomic mass is 9.82. The van der Waals surface area contributed by atoms with Gasteiger partial charge in [0.25, 0.3) is 0 Å². The Morgan fingerprint density at radius 1 is 1.19 bits per heavy atom. The Hall–Kier alpha value is -1.61. The summed E-state index contributed by atoms with van der Waals surface area (Å²) in [5.74, 6) is 0.629. The zero-order valence-electron chi connectivity index (χ0n) is 17.9. The summed E-state index contributed by atoms with van der Waals surface area (Å²) in [7, 11) is 0. The number of hydrogen-bond donors (Lipinski definition) is 5. The predicted molar refractivity (Wildman–Crippen MR) is 120 cm³/mol. The molecular weight excluding hydrogens is 434 g/mol. The Balaban J connectivity index is 1.34. The highest BCUT2D eigenvalue weighted by molar-refractivity contribution is 6.32. The Kier molecular flexibility index (Phi) is 5.76. The summed E-state index contributed by atoms with van der Waals surface area (Å²) in [6, 6.07) is 6.11. The van der Waals surface area contributed by atoms with Crippen molar-refractivity contribution >= 4 is 17.3 Å². The van der Waals surface area contributed by atoms with Gasteiger partial charge in [-0.2, -0.15) is 0 Å². The van der Waals surface area contributed by atoms with Crippen LogP contribution in [0.25, 0.3) is 0 Å². The highest BCUT2D eigenvalue weighted by Gasteiger charge is 2.48. The number of halogens is 1. The Labute approximate surface area is 192 Å². The van der Waals surface area contributed by atoms with Crippen molar-refractivity contribution in [1.82, 2.24) is 0 Å². The van der Waals surface area contributed by atoms with Crippen molar-refractivity contribution in [2.45, 2.75) is 74.8 Å². The van der Waals surface area contributed by atoms with Gasteiger partial charge in [0.05, 0.1) is 24.4 Å². The number of ether oxygens (including phenoxy) is 2. The van der Waals surface area contributed by atoms with Crippen molar-refractivity contribution in [2.75, 3.05) is 11.9 Å². The van der Waals surface area contributed by atoms with Crippen LogP contribution in [0.4, 0.5) is 5.69 Å². The number of aliphatic hydroxyl groups excluding tert-OH is 4. The van der Waals surface area contributed by atoms with Crippen molar-refractivity contribution < 1.29 is 29.9 Å². The van der Waals surface area contributed by atoms with E-state index in [1.165, 1.54) is 6.92 Å². The summed E-state index contributed by atoms with van der Waals surface area (Å²) in [5.41, 5.74) is 2.95. The molecule has 174 valence electrons. The van der Waals surface area contributed by atoms with E-state index in [0.29, 0.717) is 17.9 Å². The molecule has 2 aliphatic carbocycles. The van der Waals surface area contributed by atoms with E-state index in [9.17, 15) is 20.4 Å². The second-order valence-corrected chi connectivity index (χ2v) is 9.97. The lowest BCUT2D eigenvalue weighted by molar-refractivity contribution is -0.248. The van der Waals surface area contributed by atoms with E-state index >= 15 is 0 Å². The van der Waals surface area contributed by atoms with E-state index in [2.05, 4.69) is 11.4 Å². The maximum atomic E-state index is 10.6. The van der Waals surface area contributed by atoms with E-state index < -0.39 is 36.6 Å². The molecule has 1 spiro atoms. The van der Waals surface area contributed by atoms with E-state index in [4.69, 9.17) is 21.1 Å². The Morgan fingerprint density at radius 3 is 2.69 bits per heavy atom. The Morgan fingerprint density at radius 2 is 1.97 bits per heavy atom. The quantitative estimate of drug-likeness (QED) is 0.463. The van der Waals surface area contributed by atoms with Gasteiger partial charge in [-0.15, -0.1) is 0 Å². The van der Waals surface area contributed by atoms with Gasteiger partial charge in [0.1, 0.15) is 35.8 Å². The molecule has 2 aliphatic heterocycles. The average Bonchev–Trinajstić information content (AvgIpc) is 3.52. The van der Waals surface area contributed by atoms with Crippen molar-refractivity contribution in [3.8, 4) is 5.75 Å². The molecule has 1 aromatic rings. The van der Waals surface area contributed by atoms with Crippen LogP contribution in [0.15, 0.2) is 41.0 Å². The molecule has 1 saturated carbocycles. The van der Waals surface area contributed by atoms with E-state index in [1.807, 2.05) is 24.3 Å². The lowest BCUT2D eigenvalue weighted by Crippen LogP contribution is -2.61. The molecule has 0 bridgehead atoms. The third kappa shape index (κ3) is 4.06. The van der Waals surface area contributed by atoms with Crippen molar-refractivity contribution in [3.63, 3.8) is 0 Å². The molecule has 0 amide bonds. The van der Waals surface area contributed by atoms with Crippen molar-refractivity contribution in [2.24, 2.45) is 5.92 Å². The van der Waals surface area contributed by atoms with E-state index in [0.717, 1.165) is 42.0 Å². The predicted octanol–water partition coefficient (Wildman–Crippen LogP) is 1.87. The minimum absolute atomic E-state index is 0.0113. The van der Waals surface area contributed by atoms with Gasteiger partial charge in [-0.25, -0.2) is 0 Å². The summed E-state index contributed by atoms with van der Waals surface area (Å²) in [4.78, 5) is 0. The molecule has 2 heterocycles. The summed E-state index contributed by atoms with van der Waals surface area (Å²) in [5, 5.41) is 45.1. The van der Waals surface area contributed by atoms with Crippen LogP contribution in [0.1, 0.15) is 31.7 Å². The highest BCUT2D eigenvalue weighted by atomic mass is 35.5. The minimum atomic E-state index is -1.40. The molecule has 5 N–H and O–H groups in total. The molecule has 8 heteroatoms. The molecule has 4 aliphatic rings. The number of fused-ring (bicyclic) bond motifs is 1. The normalized spacial score (nSPS) is 36.3. The van der Waals surface area contributed by atoms with Gasteiger partial charge >= 0.3 is 0 Å². The minimum Gasteiger partial charge on any atom is -0.483 e. The van der Waals surface area contributed by atoms with Gasteiger partial charge in [-0.1, -0.05) is 29.8 Å². The van der Waals surface area contributed by atoms with Crippen LogP contribution in [-0.4, -0.2) is 69.2 Å². The molecular formula is C24H30ClNO6. The van der Waals surface area contributed by atoms with Crippen molar-refractivity contribution in [1.29, 1.82) is 0 Å². The molecule has 2 fully saturated rings. The van der Waals surface area contributed by atoms with Gasteiger partial charge < -0.3 is 35.2 Å². The third-order valence-electron chi connectivity index (χ3n) is 7.05. The SMILES string of the molecule is CC(O)[C@H]1O[C@@H](C2C=C(Cc3ccc4c(c3)NCC3(CC3)O4)C(Cl)=CC2)[C@H](O)[C@@H](O)[C@@H]1O. The van der Waals surface area contributed by atoms with Crippen LogP contribution < -0.4 is 10.1 Å². The van der Waals surface area contributed by atoms with Gasteiger partial charge in [-0.05, 0) is 55.9 Å². The number of allylic oxidation sites excluding steroid dienone is 3. The maximum Gasteiger partial charge on any atom is 0.143 e. The zero-order chi connectivity index (χ0) is 22.6. The van der Waals surface area contributed by atoms with Gasteiger partial charge in [-0.3, -0.25) is 0 Å². The van der Waals surface area contributed by atoms with E-state index in [-0.39, 0.29) is 11.5 Å². The van der Waals surface area contributed by atoms with Gasteiger partial charge in [0.2, 0.25) is 0 Å². The number of benzene rings is 1. The number of rotatable bonds is 4. The smallest absolute Gasteiger partial charge is 0.143 e. The first-order valence-corrected chi connectivity index (χ1v) is 11.6. The topological polar surface area (TPSA) is 111 Å².